The summed E-state index contributed by atoms with van der Waals surface area (Å²) in [5.74, 6) is -5.57. The number of methoxy groups -OCH3 is 1. The van der Waals surface area contributed by atoms with E-state index in [9.17, 15) is 22.0 Å². The molecule has 20 heavy (non-hydrogen) atoms. The number of hydrogen-bond donors (Lipinski definition) is 0. The largest absolute Gasteiger partial charge is 0.469 e. The summed E-state index contributed by atoms with van der Waals surface area (Å²) in [6, 6.07) is 6.72. The highest BCUT2D eigenvalue weighted by Gasteiger charge is 2.40. The molecule has 1 aromatic carbocycles. The number of ether oxygens (including phenoxy) is 1. The monoisotopic (exact) mass is 306 g/mol. The number of esters is 1. The van der Waals surface area contributed by atoms with Gasteiger partial charge in [0.15, 0.2) is 9.84 Å². The molecule has 1 atom stereocenters. The lowest BCUT2D eigenvalue weighted by Crippen LogP contribution is -2.32. The summed E-state index contributed by atoms with van der Waals surface area (Å²) in [5, 5.41) is -1.22. The second-order valence-electron chi connectivity index (χ2n) is 4.47. The first-order valence-electron chi connectivity index (χ1n) is 5.91. The van der Waals surface area contributed by atoms with Crippen LogP contribution in [-0.4, -0.2) is 32.5 Å². The molecule has 112 valence electrons. The van der Waals surface area contributed by atoms with Crippen molar-refractivity contribution in [1.82, 2.24) is 0 Å². The Morgan fingerprint density at radius 2 is 1.85 bits per heavy atom. The molecule has 0 saturated carbocycles. The van der Waals surface area contributed by atoms with Gasteiger partial charge < -0.3 is 4.74 Å². The van der Waals surface area contributed by atoms with Crippen LogP contribution in [-0.2, 0) is 25.3 Å². The molecule has 0 amide bonds. The minimum absolute atomic E-state index is 0.367. The predicted molar refractivity (Wildman–Crippen MR) is 70.2 cm³/mol. The van der Waals surface area contributed by atoms with Gasteiger partial charge >= 0.3 is 5.97 Å². The molecular formula is C13H16F2O4S. The number of alkyl halides is 2. The molecule has 0 aromatic heterocycles. The zero-order valence-corrected chi connectivity index (χ0v) is 12.0. The Morgan fingerprint density at radius 3 is 2.35 bits per heavy atom. The summed E-state index contributed by atoms with van der Waals surface area (Å²) in [6.07, 6.45) is -0.441. The van der Waals surface area contributed by atoms with Gasteiger partial charge in [0.1, 0.15) is 5.75 Å². The van der Waals surface area contributed by atoms with Gasteiger partial charge in [-0.2, -0.15) is 0 Å². The third-order valence-corrected chi connectivity index (χ3v) is 5.03. The summed E-state index contributed by atoms with van der Waals surface area (Å²) >= 11 is 0. The molecule has 7 heteroatoms. The summed E-state index contributed by atoms with van der Waals surface area (Å²) in [6.45, 7) is 1.22. The van der Waals surface area contributed by atoms with Gasteiger partial charge in [-0.15, -0.1) is 0 Å². The Kier molecular flexibility index (Phi) is 5.21. The van der Waals surface area contributed by atoms with Crippen molar-refractivity contribution < 1.29 is 26.7 Å². The fraction of sp³-hybridized carbons (Fsp3) is 0.462. The lowest BCUT2D eigenvalue weighted by molar-refractivity contribution is -0.140. The topological polar surface area (TPSA) is 60.4 Å². The molecule has 4 nitrogen and oxygen atoms in total. The fourth-order valence-electron chi connectivity index (χ4n) is 1.61. The van der Waals surface area contributed by atoms with Crippen LogP contribution >= 0.6 is 0 Å². The van der Waals surface area contributed by atoms with Crippen molar-refractivity contribution in [2.24, 2.45) is 0 Å². The minimum Gasteiger partial charge on any atom is -0.469 e. The number of halogens is 2. The van der Waals surface area contributed by atoms with Crippen LogP contribution in [0.25, 0.3) is 0 Å². The molecule has 0 N–H and O–H groups in total. The molecule has 0 aliphatic rings. The van der Waals surface area contributed by atoms with Crippen molar-refractivity contribution in [3.63, 3.8) is 0 Å². The van der Waals surface area contributed by atoms with E-state index in [1.165, 1.54) is 31.2 Å². The van der Waals surface area contributed by atoms with Gasteiger partial charge in [-0.3, -0.25) is 4.79 Å². The van der Waals surface area contributed by atoms with Crippen molar-refractivity contribution >= 4 is 15.8 Å². The van der Waals surface area contributed by atoms with E-state index in [2.05, 4.69) is 4.74 Å². The summed E-state index contributed by atoms with van der Waals surface area (Å²) in [7, 11) is -3.01. The number of benzene rings is 1. The lowest BCUT2D eigenvalue weighted by Gasteiger charge is -2.19. The molecule has 0 spiro atoms. The summed E-state index contributed by atoms with van der Waals surface area (Å²) in [4.78, 5) is 11.0. The zero-order valence-electron chi connectivity index (χ0n) is 11.2. The van der Waals surface area contributed by atoms with Crippen LogP contribution in [0.1, 0.15) is 18.9 Å². The number of sulfone groups is 1. The highest BCUT2D eigenvalue weighted by Crippen LogP contribution is 2.30. The van der Waals surface area contributed by atoms with Crippen LogP contribution < -0.4 is 0 Å². The first-order chi connectivity index (χ1) is 9.19. The van der Waals surface area contributed by atoms with E-state index in [1.807, 2.05) is 0 Å². The molecule has 1 aromatic rings. The van der Waals surface area contributed by atoms with Crippen molar-refractivity contribution in [2.45, 2.75) is 24.5 Å². The van der Waals surface area contributed by atoms with Crippen LogP contribution in [0.3, 0.4) is 0 Å². The van der Waals surface area contributed by atoms with Crippen LogP contribution in [0.2, 0.25) is 0 Å². The lowest BCUT2D eigenvalue weighted by atomic mass is 10.1. The number of rotatable bonds is 6. The van der Waals surface area contributed by atoms with E-state index in [0.29, 0.717) is 0 Å². The SMILES string of the molecule is COC(=O)CC(C)S(=O)(=O)CC(F)(F)c1ccccc1. The molecule has 0 aliphatic heterocycles. The van der Waals surface area contributed by atoms with Crippen molar-refractivity contribution in [3.8, 4) is 0 Å². The van der Waals surface area contributed by atoms with Gasteiger partial charge in [0.05, 0.1) is 18.8 Å². The van der Waals surface area contributed by atoms with E-state index in [4.69, 9.17) is 0 Å². The van der Waals surface area contributed by atoms with Crippen LogP contribution in [0, 0.1) is 0 Å². The average Bonchev–Trinajstić information content (AvgIpc) is 2.38. The molecule has 0 aliphatic carbocycles. The van der Waals surface area contributed by atoms with Crippen molar-refractivity contribution in [1.29, 1.82) is 0 Å². The van der Waals surface area contributed by atoms with Gasteiger partial charge in [-0.1, -0.05) is 30.3 Å². The zero-order chi connectivity index (χ0) is 15.4. The van der Waals surface area contributed by atoms with E-state index < -0.39 is 39.2 Å². The predicted octanol–water partition coefficient (Wildman–Crippen LogP) is 2.14. The smallest absolute Gasteiger partial charge is 0.306 e. The minimum atomic E-state index is -4.12. The van der Waals surface area contributed by atoms with Gasteiger partial charge in [0.2, 0.25) is 0 Å². The van der Waals surface area contributed by atoms with Gasteiger partial charge in [-0.05, 0) is 6.92 Å². The molecule has 0 radical (unpaired) electrons. The van der Waals surface area contributed by atoms with E-state index in [1.54, 1.807) is 6.07 Å². The van der Waals surface area contributed by atoms with Crippen LogP contribution in [0.15, 0.2) is 30.3 Å². The van der Waals surface area contributed by atoms with Crippen LogP contribution in [0.4, 0.5) is 8.78 Å². The Bertz CT molecular complexity index is 555. The molecule has 1 unspecified atom stereocenters. The standard InChI is InChI=1S/C13H16F2O4S/c1-10(8-12(16)19-2)20(17,18)9-13(14,15)11-6-4-3-5-7-11/h3-7,10H,8-9H2,1-2H3. The van der Waals surface area contributed by atoms with Gasteiger partial charge in [0.25, 0.3) is 5.92 Å². The van der Waals surface area contributed by atoms with E-state index >= 15 is 0 Å². The van der Waals surface area contributed by atoms with Gasteiger partial charge in [-0.25, -0.2) is 17.2 Å². The quantitative estimate of drug-likeness (QED) is 0.756. The maximum Gasteiger partial charge on any atom is 0.306 e. The van der Waals surface area contributed by atoms with Crippen molar-refractivity contribution in [3.05, 3.63) is 35.9 Å². The molecule has 1 rings (SSSR count). The second kappa shape index (κ2) is 6.30. The average molecular weight is 306 g/mol. The number of carbonyl (C=O) groups is 1. The fourth-order valence-corrected chi connectivity index (χ4v) is 2.95. The Balaban J connectivity index is 2.87. The van der Waals surface area contributed by atoms with Crippen LogP contribution in [0.5, 0.6) is 0 Å². The summed E-state index contributed by atoms with van der Waals surface area (Å²) in [5.41, 5.74) is -0.367. The third-order valence-electron chi connectivity index (χ3n) is 2.87. The number of hydrogen-bond acceptors (Lipinski definition) is 4. The first-order valence-corrected chi connectivity index (χ1v) is 7.62. The van der Waals surface area contributed by atoms with E-state index in [-0.39, 0.29) is 5.56 Å². The summed E-state index contributed by atoms with van der Waals surface area (Å²) < 4.78 is 56.0. The maximum absolute atomic E-state index is 13.9. The molecule has 0 saturated heterocycles. The molecule has 0 bridgehead atoms. The third kappa shape index (κ3) is 4.26. The molecule has 0 fully saturated rings. The Labute approximate surface area is 116 Å². The van der Waals surface area contributed by atoms with Crippen molar-refractivity contribution in [2.75, 3.05) is 12.9 Å². The maximum atomic E-state index is 13.9. The molecular weight excluding hydrogens is 290 g/mol. The highest BCUT2D eigenvalue weighted by molar-refractivity contribution is 7.92. The highest BCUT2D eigenvalue weighted by atomic mass is 32.2. The normalized spacial score (nSPS) is 13.8. The second-order valence-corrected chi connectivity index (χ2v) is 6.89. The Hall–Kier alpha value is -1.50. The number of carbonyl (C=O) groups excluding carboxylic acids is 1. The Morgan fingerprint density at radius 1 is 1.30 bits per heavy atom. The molecule has 0 heterocycles. The van der Waals surface area contributed by atoms with E-state index in [0.717, 1.165) is 7.11 Å². The van der Waals surface area contributed by atoms with Gasteiger partial charge in [0, 0.05) is 5.56 Å². The first kappa shape index (κ1) is 16.6.